The Bertz CT molecular complexity index is 1830. The normalized spacial score (nSPS) is 12.0. The van der Waals surface area contributed by atoms with E-state index in [2.05, 4.69) is 44.6 Å². The maximum absolute atomic E-state index is 12.3. The summed E-state index contributed by atoms with van der Waals surface area (Å²) in [4.78, 5) is 15.4. The zero-order chi connectivity index (χ0) is 38.3. The van der Waals surface area contributed by atoms with Gasteiger partial charge >= 0.3 is 0 Å². The zero-order valence-corrected chi connectivity index (χ0v) is 31.5. The van der Waals surface area contributed by atoms with Crippen LogP contribution in [0.25, 0.3) is 43.9 Å². The maximum Gasteiger partial charge on any atom is 0.182 e. The predicted molar refractivity (Wildman–Crippen MR) is 201 cm³/mol. The Morgan fingerprint density at radius 3 is 1.94 bits per heavy atom. The quantitative estimate of drug-likeness (QED) is 0.0262. The van der Waals surface area contributed by atoms with E-state index < -0.39 is 0 Å². The van der Waals surface area contributed by atoms with Gasteiger partial charge in [0, 0.05) is 52.3 Å². The molecule has 53 heavy (non-hydrogen) atoms. The third kappa shape index (κ3) is 12.1. The fourth-order valence-electron chi connectivity index (χ4n) is 5.04. The lowest BCUT2D eigenvalue weighted by atomic mass is 9.79. The van der Waals surface area contributed by atoms with Crippen LogP contribution in [-0.4, -0.2) is 97.1 Å². The number of ether oxygens (including phenoxy) is 8. The number of hydrogen-bond acceptors (Lipinski definition) is 12. The molecule has 2 aliphatic rings. The molecule has 0 saturated heterocycles. The van der Waals surface area contributed by atoms with Crippen molar-refractivity contribution in [1.82, 2.24) is 0 Å². The van der Waals surface area contributed by atoms with Crippen molar-refractivity contribution in [2.45, 2.75) is 40.2 Å². The molecule has 0 bridgehead atoms. The van der Waals surface area contributed by atoms with Crippen LogP contribution < -0.4 is 14.9 Å². The molecule has 1 heterocycles. The molecule has 288 valence electrons. The third-order valence-corrected chi connectivity index (χ3v) is 8.80. The number of nitrogens with zero attached hydrogens (tertiary/aromatic N) is 3. The average Bonchev–Trinajstić information content (AvgIpc) is 3.11. The minimum absolute atomic E-state index is 0.000172. The molecule has 4 rings (SSSR count). The van der Waals surface area contributed by atoms with Crippen LogP contribution in [0.4, 0.5) is 5.69 Å². The molecule has 0 amide bonds. The van der Waals surface area contributed by atoms with Crippen LogP contribution in [0.2, 0.25) is 0 Å². The largest absolute Gasteiger partial charge is 0.508 e. The third-order valence-electron chi connectivity index (χ3n) is 8.80. The van der Waals surface area contributed by atoms with Crippen LogP contribution in [0.3, 0.4) is 0 Å². The Hall–Kier alpha value is -4.40. The molecule has 0 unspecified atom stereocenters. The number of hydrogen-bond donors (Lipinski definition) is 1. The molecule has 0 saturated carbocycles. The predicted octanol–water partition coefficient (Wildman–Crippen LogP) is 7.52. The van der Waals surface area contributed by atoms with Gasteiger partial charge < -0.3 is 47.4 Å². The van der Waals surface area contributed by atoms with Gasteiger partial charge in [-0.3, -0.25) is 4.79 Å². The second-order valence-electron chi connectivity index (χ2n) is 13.6. The molecule has 1 N–H and O–H groups in total. The summed E-state index contributed by atoms with van der Waals surface area (Å²) in [6.07, 6.45) is 0. The van der Waals surface area contributed by atoms with E-state index in [9.17, 15) is 15.4 Å². The Morgan fingerprint density at radius 1 is 0.717 bits per heavy atom. The summed E-state index contributed by atoms with van der Waals surface area (Å²) >= 11 is 0. The second-order valence-corrected chi connectivity index (χ2v) is 13.6. The van der Waals surface area contributed by atoms with Crippen molar-refractivity contribution in [2.75, 3.05) is 86.4 Å². The van der Waals surface area contributed by atoms with Crippen molar-refractivity contribution >= 4 is 16.7 Å². The molecular formula is C39H51N3O11. The number of aromatic hydroxyl groups is 1. The fourth-order valence-corrected chi connectivity index (χ4v) is 5.04. The first-order valence-corrected chi connectivity index (χ1v) is 17.6. The molecule has 1 aliphatic carbocycles. The van der Waals surface area contributed by atoms with Crippen LogP contribution in [0, 0.1) is 5.41 Å². The topological polar surface area (TPSA) is 173 Å². The lowest BCUT2D eigenvalue weighted by Crippen LogP contribution is -2.40. The highest BCUT2D eigenvalue weighted by molar-refractivity contribution is 6.04. The van der Waals surface area contributed by atoms with Crippen molar-refractivity contribution < 1.29 is 47.4 Å². The number of phenolic OH excluding ortho intramolecular Hbond substituents is 1. The molecule has 0 radical (unpaired) electrons. The highest BCUT2D eigenvalue weighted by Gasteiger charge is 2.33. The maximum atomic E-state index is 12.3. The van der Waals surface area contributed by atoms with Gasteiger partial charge in [0.15, 0.2) is 5.43 Å². The minimum atomic E-state index is -0.284. The molecule has 0 fully saturated rings. The van der Waals surface area contributed by atoms with Gasteiger partial charge in [0.1, 0.15) is 41.8 Å². The summed E-state index contributed by atoms with van der Waals surface area (Å²) in [6, 6.07) is 12.5. The van der Waals surface area contributed by atoms with Gasteiger partial charge in [-0.1, -0.05) is 25.9 Å². The highest BCUT2D eigenvalue weighted by atomic mass is 16.6. The Balaban J connectivity index is 1.51. The van der Waals surface area contributed by atoms with E-state index >= 15 is 0 Å². The van der Waals surface area contributed by atoms with Gasteiger partial charge in [0.2, 0.25) is 0 Å². The van der Waals surface area contributed by atoms with E-state index in [-0.39, 0.29) is 60.1 Å². The first kappa shape index (κ1) is 41.4. The van der Waals surface area contributed by atoms with Crippen molar-refractivity contribution in [3.05, 3.63) is 69.2 Å². The summed E-state index contributed by atoms with van der Waals surface area (Å²) in [6.45, 7) is 14.9. The summed E-state index contributed by atoms with van der Waals surface area (Å²) in [5.41, 5.74) is 11.3. The molecule has 14 nitrogen and oxygen atoms in total. The van der Waals surface area contributed by atoms with Crippen molar-refractivity contribution in [2.24, 2.45) is 10.5 Å². The van der Waals surface area contributed by atoms with E-state index in [4.69, 9.17) is 42.3 Å². The number of azide groups is 1. The average molecular weight is 738 g/mol. The number of rotatable bonds is 23. The van der Waals surface area contributed by atoms with E-state index in [0.717, 1.165) is 0 Å². The van der Waals surface area contributed by atoms with Crippen molar-refractivity contribution in [1.29, 1.82) is 0 Å². The van der Waals surface area contributed by atoms with Gasteiger partial charge in [0.05, 0.1) is 77.4 Å². The molecule has 0 atom stereocenters. The van der Waals surface area contributed by atoms with Gasteiger partial charge in [0.25, 0.3) is 0 Å². The monoisotopic (exact) mass is 737 g/mol. The van der Waals surface area contributed by atoms with Crippen LogP contribution >= 0.6 is 0 Å². The summed E-state index contributed by atoms with van der Waals surface area (Å²) in [5, 5.41) is 14.8. The lowest BCUT2D eigenvalue weighted by molar-refractivity contribution is -0.107. The molecule has 0 spiro atoms. The molecule has 1 aliphatic heterocycles. The first-order valence-electron chi connectivity index (χ1n) is 17.6. The Kier molecular flexibility index (Phi) is 15.7. The van der Waals surface area contributed by atoms with Gasteiger partial charge in [-0.2, -0.15) is 0 Å². The van der Waals surface area contributed by atoms with Crippen molar-refractivity contribution in [3.63, 3.8) is 0 Å². The molecule has 14 heteroatoms. The minimum Gasteiger partial charge on any atom is -0.508 e. The van der Waals surface area contributed by atoms with Gasteiger partial charge in [-0.25, -0.2) is 0 Å². The molecule has 2 aromatic rings. The van der Waals surface area contributed by atoms with Crippen LogP contribution in [0.1, 0.15) is 34.6 Å². The number of fused-ring (bicyclic) bond motifs is 2. The molecule has 2 aromatic carbocycles. The summed E-state index contributed by atoms with van der Waals surface area (Å²) in [5.74, 6) is 0.976. The van der Waals surface area contributed by atoms with Gasteiger partial charge in [-0.05, 0) is 55.1 Å². The lowest BCUT2D eigenvalue weighted by Gasteiger charge is -2.38. The van der Waals surface area contributed by atoms with E-state index in [1.165, 1.54) is 24.3 Å². The number of methoxy groups -OCH3 is 1. The van der Waals surface area contributed by atoms with Crippen molar-refractivity contribution in [3.8, 4) is 39.7 Å². The SMILES string of the molecule is COCCOCCOCCOc1cc(OCCOCCOCCOC(C)(C)C(C)(C)C)c(-c2c3ccc(=O)cc-3oc3cc(O)ccc23)cc1N=[N+]=[N-]. The van der Waals surface area contributed by atoms with E-state index in [1.54, 1.807) is 31.4 Å². The first-order chi connectivity index (χ1) is 25.4. The number of benzene rings is 3. The van der Waals surface area contributed by atoms with Gasteiger partial charge in [-0.15, -0.1) is 0 Å². The standard InChI is InChI=1S/C39H51N3O11/c1-38(2,3)39(4,5)52-22-19-49-16-15-47-17-20-50-33-26-36(51-21-18-48-14-13-46-12-11-45-6)32(41-42-40)25-31(33)37-29-9-7-27(43)23-34(29)53-35-24-28(44)8-10-30(35)37/h7-10,23-26,43H,11-22H2,1-6H3. The number of phenols is 1. The van der Waals surface area contributed by atoms with E-state index in [0.29, 0.717) is 92.0 Å². The second kappa shape index (κ2) is 20.2. The summed E-state index contributed by atoms with van der Waals surface area (Å²) in [7, 11) is 1.61. The van der Waals surface area contributed by atoms with Crippen LogP contribution in [0.15, 0.2) is 62.9 Å². The van der Waals surface area contributed by atoms with Crippen LogP contribution in [0.5, 0.6) is 17.2 Å². The Morgan fingerprint density at radius 2 is 1.32 bits per heavy atom. The highest BCUT2D eigenvalue weighted by Crippen LogP contribution is 2.47. The summed E-state index contributed by atoms with van der Waals surface area (Å²) < 4.78 is 51.9. The Labute approximate surface area is 309 Å². The van der Waals surface area contributed by atoms with E-state index in [1.807, 2.05) is 0 Å². The fraction of sp³-hybridized carbons (Fsp3) is 0.513. The zero-order valence-electron chi connectivity index (χ0n) is 31.5. The molecule has 0 aromatic heterocycles. The molecular weight excluding hydrogens is 686 g/mol. The smallest absolute Gasteiger partial charge is 0.182 e. The van der Waals surface area contributed by atoms with Crippen LogP contribution in [-0.2, 0) is 28.4 Å².